The van der Waals surface area contributed by atoms with Gasteiger partial charge in [0.05, 0.1) is 12.8 Å². The van der Waals surface area contributed by atoms with Crippen LogP contribution in [-0.2, 0) is 10.0 Å². The molecule has 0 radical (unpaired) electrons. The molecule has 2 aliphatic heterocycles. The van der Waals surface area contributed by atoms with Gasteiger partial charge in [0, 0.05) is 12.6 Å². The van der Waals surface area contributed by atoms with Crippen molar-refractivity contribution in [1.82, 2.24) is 10.0 Å². The Hall–Kier alpha value is -1.51. The molecule has 7 nitrogen and oxygen atoms in total. The lowest BCUT2D eigenvalue weighted by Gasteiger charge is -2.24. The molecule has 3 rings (SSSR count). The molecule has 2 aliphatic rings. The number of hydrogen-bond acceptors (Lipinski definition) is 5. The summed E-state index contributed by atoms with van der Waals surface area (Å²) in [6, 6.07) is 4.90. The third-order valence-electron chi connectivity index (χ3n) is 3.93. The molecule has 0 aliphatic carbocycles. The van der Waals surface area contributed by atoms with Crippen molar-refractivity contribution in [2.75, 3.05) is 32.1 Å². The lowest BCUT2D eigenvalue weighted by atomic mass is 9.99. The Kier molecular flexibility index (Phi) is 5.72. The monoisotopic (exact) mass is 360 g/mol. The van der Waals surface area contributed by atoms with Crippen LogP contribution in [0.4, 0.5) is 5.69 Å². The zero-order valence-corrected chi connectivity index (χ0v) is 14.5. The van der Waals surface area contributed by atoms with Crippen LogP contribution < -0.4 is 20.1 Å². The van der Waals surface area contributed by atoms with E-state index in [4.69, 9.17) is 4.74 Å². The predicted octanol–water partition coefficient (Wildman–Crippen LogP) is 1.18. The minimum atomic E-state index is -3.61. The van der Waals surface area contributed by atoms with Gasteiger partial charge in [0.25, 0.3) is 10.0 Å². The van der Waals surface area contributed by atoms with Crippen molar-refractivity contribution in [1.29, 1.82) is 0 Å². The van der Waals surface area contributed by atoms with Crippen LogP contribution >= 0.6 is 12.4 Å². The number of halogens is 1. The first-order valence-electron chi connectivity index (χ1n) is 7.31. The van der Waals surface area contributed by atoms with Gasteiger partial charge in [-0.05, 0) is 44.0 Å². The third kappa shape index (κ3) is 4.07. The van der Waals surface area contributed by atoms with E-state index in [2.05, 4.69) is 20.3 Å². The molecule has 1 saturated heterocycles. The lowest BCUT2D eigenvalue weighted by molar-refractivity contribution is 0.383. The summed E-state index contributed by atoms with van der Waals surface area (Å²) in [7, 11) is -2.11. The highest BCUT2D eigenvalue weighted by Gasteiger charge is 2.27. The van der Waals surface area contributed by atoms with Crippen LogP contribution in [0.5, 0.6) is 5.75 Å². The van der Waals surface area contributed by atoms with Crippen molar-refractivity contribution < 1.29 is 13.2 Å². The van der Waals surface area contributed by atoms with Gasteiger partial charge in [0.15, 0.2) is 0 Å². The number of aliphatic imine (C=N–C) groups is 1. The summed E-state index contributed by atoms with van der Waals surface area (Å²) in [5, 5.41) is 6.33. The number of piperidine rings is 1. The van der Waals surface area contributed by atoms with Crippen molar-refractivity contribution in [3.8, 4) is 5.75 Å². The number of methoxy groups -OCH3 is 1. The average Bonchev–Trinajstić information content (AvgIpc) is 2.53. The summed E-state index contributed by atoms with van der Waals surface area (Å²) in [5.41, 5.74) is 0.517. The van der Waals surface area contributed by atoms with Gasteiger partial charge in [-0.3, -0.25) is 4.99 Å². The summed E-state index contributed by atoms with van der Waals surface area (Å²) in [5.74, 6) is 1.29. The average molecular weight is 361 g/mol. The third-order valence-corrected chi connectivity index (χ3v) is 5.31. The van der Waals surface area contributed by atoms with Crippen LogP contribution in [0.3, 0.4) is 0 Å². The fourth-order valence-electron chi connectivity index (χ4n) is 2.65. The van der Waals surface area contributed by atoms with Crippen molar-refractivity contribution in [2.24, 2.45) is 10.9 Å². The molecule has 1 aromatic carbocycles. The molecular formula is C14H21ClN4O3S. The molecule has 23 heavy (non-hydrogen) atoms. The Bertz CT molecular complexity index is 687. The van der Waals surface area contributed by atoms with Crippen molar-refractivity contribution in [3.05, 3.63) is 18.2 Å². The molecule has 1 fully saturated rings. The Morgan fingerprint density at radius 2 is 2.04 bits per heavy atom. The van der Waals surface area contributed by atoms with Crippen LogP contribution in [0.15, 0.2) is 28.1 Å². The number of guanidine groups is 1. The lowest BCUT2D eigenvalue weighted by Crippen LogP contribution is -2.41. The van der Waals surface area contributed by atoms with Crippen molar-refractivity contribution >= 4 is 34.1 Å². The summed E-state index contributed by atoms with van der Waals surface area (Å²) >= 11 is 0. The Labute approximate surface area is 142 Å². The van der Waals surface area contributed by atoms with Crippen LogP contribution in [-0.4, -0.2) is 41.1 Å². The van der Waals surface area contributed by atoms with E-state index in [1.807, 2.05) is 0 Å². The molecule has 0 unspecified atom stereocenters. The Morgan fingerprint density at radius 1 is 1.30 bits per heavy atom. The van der Waals surface area contributed by atoms with E-state index in [0.717, 1.165) is 25.9 Å². The van der Waals surface area contributed by atoms with E-state index >= 15 is 0 Å². The second-order valence-electron chi connectivity index (χ2n) is 5.48. The van der Waals surface area contributed by atoms with E-state index in [9.17, 15) is 8.42 Å². The highest BCUT2D eigenvalue weighted by Crippen LogP contribution is 2.28. The van der Waals surface area contributed by atoms with Crippen LogP contribution in [0, 0.1) is 5.92 Å². The van der Waals surface area contributed by atoms with Gasteiger partial charge >= 0.3 is 0 Å². The van der Waals surface area contributed by atoms with Gasteiger partial charge in [-0.15, -0.1) is 12.4 Å². The van der Waals surface area contributed by atoms with Gasteiger partial charge in [0.2, 0.25) is 5.96 Å². The number of anilines is 1. The molecule has 0 aromatic heterocycles. The minimum Gasteiger partial charge on any atom is -0.497 e. The Morgan fingerprint density at radius 3 is 2.74 bits per heavy atom. The summed E-state index contributed by atoms with van der Waals surface area (Å²) in [6.45, 7) is 2.62. The van der Waals surface area contributed by atoms with Gasteiger partial charge in [0.1, 0.15) is 10.6 Å². The Balaban J connectivity index is 0.00000192. The zero-order chi connectivity index (χ0) is 15.6. The molecular weight excluding hydrogens is 340 g/mol. The molecule has 1 aromatic rings. The first-order chi connectivity index (χ1) is 10.6. The fraction of sp³-hybridized carbons (Fsp3) is 0.500. The number of benzene rings is 1. The number of hydrogen-bond donors (Lipinski definition) is 3. The van der Waals surface area contributed by atoms with Crippen LogP contribution in [0.25, 0.3) is 0 Å². The first-order valence-corrected chi connectivity index (χ1v) is 8.80. The minimum absolute atomic E-state index is 0. The van der Waals surface area contributed by atoms with Gasteiger partial charge in [-0.2, -0.15) is 0 Å². The summed E-state index contributed by atoms with van der Waals surface area (Å²) in [6.07, 6.45) is 2.13. The van der Waals surface area contributed by atoms with Crippen molar-refractivity contribution in [2.45, 2.75) is 17.7 Å². The second kappa shape index (κ2) is 7.37. The number of ether oxygens (including phenoxy) is 1. The number of fused-ring (bicyclic) bond motifs is 1. The van der Waals surface area contributed by atoms with Gasteiger partial charge < -0.3 is 15.4 Å². The smallest absolute Gasteiger partial charge is 0.266 e. The SMILES string of the molecule is COc1ccc2c(c1)S(=O)(=O)NC(=NCC1CCNCC1)N2.Cl. The quantitative estimate of drug-likeness (QED) is 0.752. The topological polar surface area (TPSA) is 91.8 Å². The molecule has 0 amide bonds. The number of rotatable bonds is 3. The first kappa shape index (κ1) is 17.8. The second-order valence-corrected chi connectivity index (χ2v) is 7.13. The van der Waals surface area contributed by atoms with E-state index in [1.165, 1.54) is 13.2 Å². The van der Waals surface area contributed by atoms with Crippen LogP contribution in [0.2, 0.25) is 0 Å². The maximum Gasteiger partial charge on any atom is 0.266 e. The highest BCUT2D eigenvalue weighted by molar-refractivity contribution is 7.90. The number of nitrogens with one attached hydrogen (secondary N) is 3. The van der Waals surface area contributed by atoms with Gasteiger partial charge in [-0.25, -0.2) is 13.1 Å². The summed E-state index contributed by atoms with van der Waals surface area (Å²) in [4.78, 5) is 4.57. The normalized spacial score (nSPS) is 21.5. The largest absolute Gasteiger partial charge is 0.497 e. The molecule has 0 bridgehead atoms. The van der Waals surface area contributed by atoms with E-state index in [-0.39, 0.29) is 23.3 Å². The standard InChI is InChI=1S/C14H20N4O3S.ClH/c1-21-11-2-3-12-13(8-11)22(19,20)18-14(17-12)16-9-10-4-6-15-7-5-10;/h2-3,8,10,15H,4-7,9H2,1H3,(H2,16,17,18);1H. The van der Waals surface area contributed by atoms with Crippen molar-refractivity contribution in [3.63, 3.8) is 0 Å². The molecule has 0 saturated carbocycles. The summed E-state index contributed by atoms with van der Waals surface area (Å²) < 4.78 is 32.2. The van der Waals surface area contributed by atoms with E-state index < -0.39 is 10.0 Å². The zero-order valence-electron chi connectivity index (χ0n) is 12.8. The molecule has 128 valence electrons. The molecule has 3 N–H and O–H groups in total. The predicted molar refractivity (Wildman–Crippen MR) is 92.1 cm³/mol. The highest BCUT2D eigenvalue weighted by atomic mass is 35.5. The van der Waals surface area contributed by atoms with Gasteiger partial charge in [-0.1, -0.05) is 0 Å². The van der Waals surface area contributed by atoms with E-state index in [1.54, 1.807) is 12.1 Å². The number of sulfonamides is 1. The molecule has 2 heterocycles. The number of nitrogens with zero attached hydrogens (tertiary/aromatic N) is 1. The maximum atomic E-state index is 12.3. The molecule has 9 heteroatoms. The molecule has 0 atom stereocenters. The fourth-order valence-corrected chi connectivity index (χ4v) is 3.81. The van der Waals surface area contributed by atoms with Crippen LogP contribution in [0.1, 0.15) is 12.8 Å². The maximum absolute atomic E-state index is 12.3. The molecule has 0 spiro atoms. The van der Waals surface area contributed by atoms with E-state index in [0.29, 0.717) is 23.9 Å².